The van der Waals surface area contributed by atoms with Crippen LogP contribution in [-0.4, -0.2) is 20.3 Å². The summed E-state index contributed by atoms with van der Waals surface area (Å²) in [6, 6.07) is 5.65. The molecule has 10 heteroatoms. The highest BCUT2D eigenvalue weighted by Gasteiger charge is 2.37. The number of ketones is 1. The van der Waals surface area contributed by atoms with Gasteiger partial charge in [0.25, 0.3) is 0 Å². The third kappa shape index (κ3) is 5.05. The van der Waals surface area contributed by atoms with Gasteiger partial charge in [0.2, 0.25) is 0 Å². The third-order valence-electron chi connectivity index (χ3n) is 4.46. The normalized spacial score (nSPS) is 13.3. The van der Waals surface area contributed by atoms with Crippen molar-refractivity contribution in [1.29, 1.82) is 0 Å². The molecule has 2 aromatic heterocycles. The number of rotatable bonds is 6. The number of aromatic nitrogens is 3. The van der Waals surface area contributed by atoms with Crippen LogP contribution in [0.25, 0.3) is 0 Å². The lowest BCUT2D eigenvalue weighted by Gasteiger charge is -2.21. The molecule has 0 aliphatic rings. The van der Waals surface area contributed by atoms with Crippen molar-refractivity contribution in [2.24, 2.45) is 0 Å². The summed E-state index contributed by atoms with van der Waals surface area (Å²) < 4.78 is 80.5. The molecular formula is C20H15F6N3O. The van der Waals surface area contributed by atoms with Gasteiger partial charge in [-0.3, -0.25) is 9.78 Å². The number of Topliss-reactive ketones (excluding diaryl/α,β-unsaturated/α-hetero) is 1. The van der Waals surface area contributed by atoms with Crippen molar-refractivity contribution in [1.82, 2.24) is 14.5 Å². The molecule has 0 unspecified atom stereocenters. The zero-order valence-electron chi connectivity index (χ0n) is 15.3. The zero-order valence-corrected chi connectivity index (χ0v) is 15.3. The van der Waals surface area contributed by atoms with Gasteiger partial charge in [0.05, 0.1) is 29.7 Å². The van der Waals surface area contributed by atoms with Crippen molar-refractivity contribution >= 4 is 5.78 Å². The van der Waals surface area contributed by atoms with Gasteiger partial charge in [-0.1, -0.05) is 12.1 Å². The number of hydrogen-bond donors (Lipinski definition) is 0. The minimum atomic E-state index is -4.73. The largest absolute Gasteiger partial charge is 0.418 e. The molecule has 0 bridgehead atoms. The summed E-state index contributed by atoms with van der Waals surface area (Å²) in [5.41, 5.74) is -2.26. The Kier molecular flexibility index (Phi) is 5.95. The molecule has 0 fully saturated rings. The van der Waals surface area contributed by atoms with Gasteiger partial charge in [-0.15, -0.1) is 0 Å². The van der Waals surface area contributed by atoms with E-state index in [0.717, 1.165) is 42.6 Å². The van der Waals surface area contributed by atoms with E-state index in [1.807, 2.05) is 0 Å². The minimum absolute atomic E-state index is 0.131. The standard InChI is InChI=1S/C20H15F6N3O/c21-19(22,23)14-5-3-13(4-6-14)16(10-15(30)11-29-9-8-27-12-29)18-17(20(24,25)26)2-1-7-28-18/h1-9,12,16H,10-11H2/t16-/m0/s1. The predicted molar refractivity (Wildman–Crippen MR) is 94.4 cm³/mol. The van der Waals surface area contributed by atoms with Crippen LogP contribution >= 0.6 is 0 Å². The number of hydrogen-bond acceptors (Lipinski definition) is 3. The number of nitrogens with zero attached hydrogens (tertiary/aromatic N) is 3. The summed E-state index contributed by atoms with van der Waals surface area (Å²) in [4.78, 5) is 20.1. The summed E-state index contributed by atoms with van der Waals surface area (Å²) in [5, 5.41) is 0. The molecule has 0 aliphatic carbocycles. The fraction of sp³-hybridized carbons (Fsp3) is 0.250. The first kappa shape index (κ1) is 21.5. The quantitative estimate of drug-likeness (QED) is 0.514. The van der Waals surface area contributed by atoms with Crippen LogP contribution in [0, 0.1) is 0 Å². The smallest absolute Gasteiger partial charge is 0.330 e. The van der Waals surface area contributed by atoms with E-state index >= 15 is 0 Å². The minimum Gasteiger partial charge on any atom is -0.330 e. The number of alkyl halides is 6. The average Bonchev–Trinajstić information content (AvgIpc) is 3.18. The molecule has 4 nitrogen and oxygen atoms in total. The molecule has 158 valence electrons. The van der Waals surface area contributed by atoms with E-state index < -0.39 is 40.9 Å². The summed E-state index contributed by atoms with van der Waals surface area (Å²) >= 11 is 0. The van der Waals surface area contributed by atoms with Gasteiger partial charge in [-0.05, 0) is 29.8 Å². The van der Waals surface area contributed by atoms with Crippen molar-refractivity contribution in [2.75, 3.05) is 0 Å². The molecule has 0 aliphatic heterocycles. The Morgan fingerprint density at radius 1 is 0.967 bits per heavy atom. The summed E-state index contributed by atoms with van der Waals surface area (Å²) in [7, 11) is 0. The molecule has 30 heavy (non-hydrogen) atoms. The van der Waals surface area contributed by atoms with E-state index in [1.165, 1.54) is 23.3 Å². The predicted octanol–water partition coefficient (Wildman–Crippen LogP) is 5.11. The van der Waals surface area contributed by atoms with E-state index in [0.29, 0.717) is 0 Å². The maximum absolute atomic E-state index is 13.5. The number of halogens is 6. The van der Waals surface area contributed by atoms with Gasteiger partial charge in [0.15, 0.2) is 5.78 Å². The average molecular weight is 427 g/mol. The molecule has 2 heterocycles. The number of carbonyl (C=O) groups excluding carboxylic acids is 1. The molecule has 1 atom stereocenters. The van der Waals surface area contributed by atoms with Gasteiger partial charge < -0.3 is 4.57 Å². The fourth-order valence-electron chi connectivity index (χ4n) is 3.09. The summed E-state index contributed by atoms with van der Waals surface area (Å²) in [5.74, 6) is -1.59. The second-order valence-electron chi connectivity index (χ2n) is 6.58. The molecule has 3 aromatic rings. The summed E-state index contributed by atoms with van der Waals surface area (Å²) in [6.45, 7) is -0.134. The Bertz CT molecular complexity index is 995. The van der Waals surface area contributed by atoms with Gasteiger partial charge in [0, 0.05) is 30.9 Å². The van der Waals surface area contributed by atoms with Gasteiger partial charge in [-0.25, -0.2) is 4.98 Å². The Morgan fingerprint density at radius 2 is 1.67 bits per heavy atom. The second kappa shape index (κ2) is 8.29. The highest BCUT2D eigenvalue weighted by Crippen LogP contribution is 2.38. The molecule has 0 radical (unpaired) electrons. The van der Waals surface area contributed by atoms with E-state index in [2.05, 4.69) is 9.97 Å². The Morgan fingerprint density at radius 3 is 2.23 bits per heavy atom. The van der Waals surface area contributed by atoms with Crippen LogP contribution in [0.1, 0.15) is 34.7 Å². The molecule has 0 saturated carbocycles. The zero-order chi connectivity index (χ0) is 21.9. The van der Waals surface area contributed by atoms with Crippen LogP contribution in [0.5, 0.6) is 0 Å². The van der Waals surface area contributed by atoms with Crippen molar-refractivity contribution in [3.05, 3.63) is 83.7 Å². The maximum atomic E-state index is 13.5. The molecular weight excluding hydrogens is 412 g/mol. The third-order valence-corrected chi connectivity index (χ3v) is 4.46. The van der Waals surface area contributed by atoms with E-state index in [-0.39, 0.29) is 18.5 Å². The van der Waals surface area contributed by atoms with Gasteiger partial charge in [-0.2, -0.15) is 26.3 Å². The molecule has 0 amide bonds. The van der Waals surface area contributed by atoms with Crippen LogP contribution in [0.2, 0.25) is 0 Å². The highest BCUT2D eigenvalue weighted by atomic mass is 19.4. The van der Waals surface area contributed by atoms with Crippen LogP contribution in [0.15, 0.2) is 61.3 Å². The Balaban J connectivity index is 2.00. The van der Waals surface area contributed by atoms with Crippen LogP contribution in [0.4, 0.5) is 26.3 Å². The molecule has 1 aromatic carbocycles. The molecule has 0 saturated heterocycles. The van der Waals surface area contributed by atoms with E-state index in [1.54, 1.807) is 0 Å². The van der Waals surface area contributed by atoms with Crippen molar-refractivity contribution in [2.45, 2.75) is 31.2 Å². The molecule has 0 spiro atoms. The highest BCUT2D eigenvalue weighted by molar-refractivity contribution is 5.79. The molecule has 0 N–H and O–H groups in total. The van der Waals surface area contributed by atoms with Crippen LogP contribution < -0.4 is 0 Å². The van der Waals surface area contributed by atoms with Crippen molar-refractivity contribution < 1.29 is 31.1 Å². The Labute approximate surface area is 167 Å². The van der Waals surface area contributed by atoms with Gasteiger partial charge >= 0.3 is 12.4 Å². The van der Waals surface area contributed by atoms with Crippen molar-refractivity contribution in [3.63, 3.8) is 0 Å². The van der Waals surface area contributed by atoms with Crippen LogP contribution in [-0.2, 0) is 23.7 Å². The first-order chi connectivity index (χ1) is 14.1. The first-order valence-electron chi connectivity index (χ1n) is 8.72. The number of benzene rings is 1. The summed E-state index contributed by atoms with van der Waals surface area (Å²) in [6.07, 6.45) is -4.19. The van der Waals surface area contributed by atoms with E-state index in [9.17, 15) is 31.1 Å². The molecule has 3 rings (SSSR count). The van der Waals surface area contributed by atoms with E-state index in [4.69, 9.17) is 0 Å². The SMILES string of the molecule is O=C(C[C@@H](c1ccc(C(F)(F)F)cc1)c1ncccc1C(F)(F)F)Cn1ccnc1. The number of pyridine rings is 1. The monoisotopic (exact) mass is 427 g/mol. The lowest BCUT2D eigenvalue weighted by molar-refractivity contribution is -0.139. The van der Waals surface area contributed by atoms with Crippen molar-refractivity contribution in [3.8, 4) is 0 Å². The fourth-order valence-corrected chi connectivity index (χ4v) is 3.09. The Hall–Kier alpha value is -3.17. The number of carbonyl (C=O) groups is 1. The number of imidazole rings is 1. The van der Waals surface area contributed by atoms with Crippen LogP contribution in [0.3, 0.4) is 0 Å². The first-order valence-corrected chi connectivity index (χ1v) is 8.72. The topological polar surface area (TPSA) is 47.8 Å². The lowest BCUT2D eigenvalue weighted by atomic mass is 9.87. The second-order valence-corrected chi connectivity index (χ2v) is 6.58. The van der Waals surface area contributed by atoms with Gasteiger partial charge in [0.1, 0.15) is 0 Å². The lowest BCUT2D eigenvalue weighted by Crippen LogP contribution is -2.19. The maximum Gasteiger partial charge on any atom is 0.418 e.